The van der Waals surface area contributed by atoms with Gasteiger partial charge in [-0.05, 0) is 17.9 Å². The van der Waals surface area contributed by atoms with E-state index in [2.05, 4.69) is 0 Å². The van der Waals surface area contributed by atoms with Crippen LogP contribution in [0.15, 0.2) is 30.3 Å². The van der Waals surface area contributed by atoms with Crippen molar-refractivity contribution < 1.29 is 19.5 Å². The highest BCUT2D eigenvalue weighted by Crippen LogP contribution is 2.10. The van der Waals surface area contributed by atoms with Gasteiger partial charge in [-0.2, -0.15) is 0 Å². The number of benzene rings is 1. The van der Waals surface area contributed by atoms with Gasteiger partial charge in [0.05, 0.1) is 6.42 Å². The third kappa shape index (κ3) is 6.21. The van der Waals surface area contributed by atoms with Crippen LogP contribution < -0.4 is 0 Å². The predicted molar refractivity (Wildman–Crippen MR) is 78.6 cm³/mol. The first kappa shape index (κ1) is 16.9. The number of hydrogen-bond acceptors (Lipinski definition) is 3. The second-order valence-corrected chi connectivity index (χ2v) is 5.39. The van der Waals surface area contributed by atoms with Crippen LogP contribution in [0.5, 0.6) is 0 Å². The number of carboxylic acid groups (broad SMARTS) is 1. The summed E-state index contributed by atoms with van der Waals surface area (Å²) >= 11 is 0. The molecule has 114 valence electrons. The van der Waals surface area contributed by atoms with Gasteiger partial charge in [-0.15, -0.1) is 0 Å². The number of hydrogen-bond donors (Lipinski definition) is 1. The van der Waals surface area contributed by atoms with Gasteiger partial charge in [-0.25, -0.2) is 4.79 Å². The quantitative estimate of drug-likeness (QED) is 0.588. The van der Waals surface area contributed by atoms with Crippen LogP contribution in [0.2, 0.25) is 0 Å². The van der Waals surface area contributed by atoms with Gasteiger partial charge in [0, 0.05) is 13.1 Å². The molecule has 1 aromatic rings. The number of ketones is 1. The van der Waals surface area contributed by atoms with E-state index in [1.54, 1.807) is 4.90 Å². The van der Waals surface area contributed by atoms with Crippen molar-refractivity contribution in [2.24, 2.45) is 5.92 Å². The maximum Gasteiger partial charge on any atom is 0.372 e. The minimum absolute atomic E-state index is 0.388. The minimum Gasteiger partial charge on any atom is -0.475 e. The fourth-order valence-electron chi connectivity index (χ4n) is 1.83. The minimum atomic E-state index is -1.56. The number of carboxylic acids is 1. The average Bonchev–Trinajstić information content (AvgIpc) is 2.44. The van der Waals surface area contributed by atoms with Crippen LogP contribution in [0, 0.1) is 5.92 Å². The second kappa shape index (κ2) is 8.19. The third-order valence-electron chi connectivity index (χ3n) is 3.10. The lowest BCUT2D eigenvalue weighted by atomic mass is 10.1. The Kier molecular flexibility index (Phi) is 6.59. The normalized spacial score (nSPS) is 10.4. The molecule has 21 heavy (non-hydrogen) atoms. The highest BCUT2D eigenvalue weighted by molar-refractivity contribution is 6.36. The Labute approximate surface area is 124 Å². The molecular formula is C16H21NO4. The van der Waals surface area contributed by atoms with E-state index >= 15 is 0 Å². The molecule has 0 spiro atoms. The highest BCUT2D eigenvalue weighted by Gasteiger charge is 2.21. The van der Waals surface area contributed by atoms with Gasteiger partial charge in [-0.3, -0.25) is 9.59 Å². The molecule has 0 aliphatic rings. The van der Waals surface area contributed by atoms with Crippen LogP contribution in [0.1, 0.15) is 32.3 Å². The zero-order chi connectivity index (χ0) is 15.8. The molecule has 5 nitrogen and oxygen atoms in total. The Hall–Kier alpha value is -2.17. The summed E-state index contributed by atoms with van der Waals surface area (Å²) in [5.41, 5.74) is 0.956. The first-order valence-corrected chi connectivity index (χ1v) is 6.98. The highest BCUT2D eigenvalue weighted by atomic mass is 16.4. The van der Waals surface area contributed by atoms with E-state index in [1.807, 2.05) is 44.2 Å². The van der Waals surface area contributed by atoms with E-state index in [9.17, 15) is 14.4 Å². The summed E-state index contributed by atoms with van der Waals surface area (Å²) in [7, 11) is 0. The van der Waals surface area contributed by atoms with Gasteiger partial charge in [0.2, 0.25) is 11.7 Å². The van der Waals surface area contributed by atoms with Crippen molar-refractivity contribution >= 4 is 17.7 Å². The number of carbonyl (C=O) groups excluding carboxylic acids is 2. The third-order valence-corrected chi connectivity index (χ3v) is 3.10. The van der Waals surface area contributed by atoms with E-state index in [1.165, 1.54) is 0 Å². The van der Waals surface area contributed by atoms with Crippen molar-refractivity contribution in [3.8, 4) is 0 Å². The summed E-state index contributed by atoms with van der Waals surface area (Å²) < 4.78 is 0. The Morgan fingerprint density at radius 3 is 2.29 bits per heavy atom. The van der Waals surface area contributed by atoms with E-state index in [4.69, 9.17) is 5.11 Å². The lowest BCUT2D eigenvalue weighted by Gasteiger charge is -2.23. The number of aliphatic carboxylic acids is 1. The largest absolute Gasteiger partial charge is 0.475 e. The van der Waals surface area contributed by atoms with Crippen molar-refractivity contribution in [1.29, 1.82) is 0 Å². The molecule has 1 N–H and O–H groups in total. The van der Waals surface area contributed by atoms with Gasteiger partial charge in [0.15, 0.2) is 0 Å². The Morgan fingerprint density at radius 1 is 1.14 bits per heavy atom. The zero-order valence-electron chi connectivity index (χ0n) is 12.4. The van der Waals surface area contributed by atoms with Gasteiger partial charge in [0.1, 0.15) is 0 Å². The van der Waals surface area contributed by atoms with Crippen LogP contribution in [-0.2, 0) is 20.9 Å². The molecule has 0 bridgehead atoms. The number of rotatable bonds is 8. The summed E-state index contributed by atoms with van der Waals surface area (Å²) in [5, 5.41) is 8.60. The van der Waals surface area contributed by atoms with Crippen LogP contribution >= 0.6 is 0 Å². The van der Waals surface area contributed by atoms with Gasteiger partial charge < -0.3 is 10.0 Å². The number of amides is 1. The van der Waals surface area contributed by atoms with Crippen molar-refractivity contribution in [2.75, 3.05) is 6.54 Å². The monoisotopic (exact) mass is 291 g/mol. The van der Waals surface area contributed by atoms with Crippen molar-refractivity contribution in [3.63, 3.8) is 0 Å². The van der Waals surface area contributed by atoms with Gasteiger partial charge in [0.25, 0.3) is 0 Å². The van der Waals surface area contributed by atoms with Crippen LogP contribution in [0.25, 0.3) is 0 Å². The summed E-state index contributed by atoms with van der Waals surface area (Å²) in [6.07, 6.45) is 0.222. The van der Waals surface area contributed by atoms with E-state index in [0.717, 1.165) is 12.0 Å². The molecule has 0 aliphatic heterocycles. The Morgan fingerprint density at radius 2 is 1.76 bits per heavy atom. The molecule has 1 amide bonds. The molecule has 0 aliphatic carbocycles. The smallest absolute Gasteiger partial charge is 0.372 e. The van der Waals surface area contributed by atoms with Gasteiger partial charge in [-0.1, -0.05) is 44.2 Å². The van der Waals surface area contributed by atoms with Crippen LogP contribution in [0.3, 0.4) is 0 Å². The van der Waals surface area contributed by atoms with E-state index in [0.29, 0.717) is 19.0 Å². The van der Waals surface area contributed by atoms with Crippen LogP contribution in [-0.4, -0.2) is 34.2 Å². The SMILES string of the molecule is CC(C)CCN(Cc1ccccc1)C(=O)CC(=O)C(=O)O. The summed E-state index contributed by atoms with van der Waals surface area (Å²) in [6, 6.07) is 9.44. The maximum atomic E-state index is 12.1. The summed E-state index contributed by atoms with van der Waals surface area (Å²) in [4.78, 5) is 35.4. The molecule has 0 unspecified atom stereocenters. The summed E-state index contributed by atoms with van der Waals surface area (Å²) in [6.45, 7) is 5.00. The fourth-order valence-corrected chi connectivity index (χ4v) is 1.83. The molecule has 0 saturated heterocycles. The molecule has 1 aromatic carbocycles. The van der Waals surface area contributed by atoms with Crippen molar-refractivity contribution in [2.45, 2.75) is 33.2 Å². The molecule has 0 heterocycles. The first-order chi connectivity index (χ1) is 9.90. The fraction of sp³-hybridized carbons (Fsp3) is 0.438. The lowest BCUT2D eigenvalue weighted by molar-refractivity contribution is -0.151. The average molecular weight is 291 g/mol. The zero-order valence-corrected chi connectivity index (χ0v) is 12.4. The predicted octanol–water partition coefficient (Wildman–Crippen LogP) is 2.11. The molecule has 0 radical (unpaired) electrons. The molecule has 0 atom stereocenters. The topological polar surface area (TPSA) is 74.7 Å². The molecule has 0 aromatic heterocycles. The first-order valence-electron chi connectivity index (χ1n) is 6.98. The molecule has 5 heteroatoms. The van der Waals surface area contributed by atoms with E-state index in [-0.39, 0.29) is 0 Å². The number of Topliss-reactive ketones (excluding diaryl/α,β-unsaturated/α-hetero) is 1. The van der Waals surface area contributed by atoms with Crippen molar-refractivity contribution in [3.05, 3.63) is 35.9 Å². The Balaban J connectivity index is 2.73. The molecular weight excluding hydrogens is 270 g/mol. The lowest BCUT2D eigenvalue weighted by Crippen LogP contribution is -2.34. The van der Waals surface area contributed by atoms with Crippen LogP contribution in [0.4, 0.5) is 0 Å². The van der Waals surface area contributed by atoms with E-state index < -0.39 is 24.1 Å². The molecule has 0 fully saturated rings. The molecule has 1 rings (SSSR count). The van der Waals surface area contributed by atoms with Crippen molar-refractivity contribution in [1.82, 2.24) is 4.90 Å². The van der Waals surface area contributed by atoms with Gasteiger partial charge >= 0.3 is 5.97 Å². The number of carbonyl (C=O) groups is 3. The summed E-state index contributed by atoms with van der Waals surface area (Å²) in [5.74, 6) is -2.65. The standard InChI is InChI=1S/C16H21NO4/c1-12(2)8-9-17(11-13-6-4-3-5-7-13)15(19)10-14(18)16(20)21/h3-7,12H,8-11H2,1-2H3,(H,20,21). The molecule has 0 saturated carbocycles. The second-order valence-electron chi connectivity index (χ2n) is 5.39. The Bertz CT molecular complexity index is 496. The maximum absolute atomic E-state index is 12.1. The number of nitrogens with zero attached hydrogens (tertiary/aromatic N) is 1.